The molecule has 10 heteroatoms. The van der Waals surface area contributed by atoms with E-state index in [0.717, 1.165) is 0 Å². The number of esters is 1. The van der Waals surface area contributed by atoms with E-state index in [-0.39, 0.29) is 17.3 Å². The Morgan fingerprint density at radius 2 is 2.04 bits per heavy atom. The van der Waals surface area contributed by atoms with Gasteiger partial charge in [0.05, 0.1) is 12.2 Å². The monoisotopic (exact) mass is 338 g/mol. The summed E-state index contributed by atoms with van der Waals surface area (Å²) in [6.07, 6.45) is 0. The zero-order valence-corrected chi connectivity index (χ0v) is 12.6. The molecule has 120 valence electrons. The van der Waals surface area contributed by atoms with E-state index < -0.39 is 22.6 Å². The summed E-state index contributed by atoms with van der Waals surface area (Å²) in [6, 6.07) is 5.92. The number of hydrogen-bond donors (Lipinski definition) is 2. The third-order valence-electron chi connectivity index (χ3n) is 2.74. The van der Waals surface area contributed by atoms with Gasteiger partial charge >= 0.3 is 11.8 Å². The van der Waals surface area contributed by atoms with Crippen LogP contribution in [-0.4, -0.2) is 33.6 Å². The maximum Gasteiger partial charge on any atom is 0.362 e. The Labute approximate surface area is 134 Å². The van der Waals surface area contributed by atoms with Gasteiger partial charge in [-0.1, -0.05) is 16.7 Å². The van der Waals surface area contributed by atoms with E-state index in [1.54, 1.807) is 6.92 Å². The van der Waals surface area contributed by atoms with Gasteiger partial charge in [0, 0.05) is 5.69 Å². The number of H-pyrrole nitrogens is 1. The fourth-order valence-electron chi connectivity index (χ4n) is 1.68. The van der Waals surface area contributed by atoms with Crippen molar-refractivity contribution in [1.29, 1.82) is 0 Å². The number of hydrogen-bond acceptors (Lipinski definition) is 6. The van der Waals surface area contributed by atoms with E-state index in [1.807, 2.05) is 0 Å². The number of aromatic nitrogens is 2. The average Bonchev–Trinajstić information content (AvgIpc) is 2.90. The molecule has 0 radical (unpaired) electrons. The molecular weight excluding hydrogens is 328 g/mol. The van der Waals surface area contributed by atoms with Crippen LogP contribution in [0.15, 0.2) is 24.3 Å². The van der Waals surface area contributed by atoms with Gasteiger partial charge in [-0.05, 0) is 36.1 Å². The molecule has 0 aliphatic heterocycles. The number of nitro groups is 1. The van der Waals surface area contributed by atoms with Crippen molar-refractivity contribution in [3.63, 3.8) is 0 Å². The molecule has 0 aliphatic rings. The maximum absolute atomic E-state index is 12.0. The number of aromatic amines is 1. The number of ether oxygens (including phenoxy) is 1. The third-order valence-corrected chi connectivity index (χ3v) is 3.10. The Kier molecular flexibility index (Phi) is 4.91. The molecule has 0 saturated heterocycles. The molecule has 2 rings (SSSR count). The Bertz CT molecular complexity index is 756. The van der Waals surface area contributed by atoms with Gasteiger partial charge in [-0.3, -0.25) is 4.79 Å². The molecule has 9 nitrogen and oxygen atoms in total. The van der Waals surface area contributed by atoms with Gasteiger partial charge in [0.2, 0.25) is 0 Å². The summed E-state index contributed by atoms with van der Waals surface area (Å²) >= 11 is 5.72. The summed E-state index contributed by atoms with van der Waals surface area (Å²) in [4.78, 5) is 33.4. The fourth-order valence-corrected chi connectivity index (χ4v) is 1.92. The molecule has 1 heterocycles. The smallest absolute Gasteiger partial charge is 0.362 e. The first-order valence-corrected chi connectivity index (χ1v) is 6.78. The van der Waals surface area contributed by atoms with E-state index in [0.29, 0.717) is 11.3 Å². The standard InChI is InChI=1S/C13H11ClN4O5/c1-2-23-13(20)7-3-5-8(6-4-7)15-12(19)10-9(14)11(17-16-10)18(21)22/h3-6H,2H2,1H3,(H,15,19)(H,16,17). The van der Waals surface area contributed by atoms with Gasteiger partial charge in [-0.25, -0.2) is 4.79 Å². The lowest BCUT2D eigenvalue weighted by Crippen LogP contribution is -2.13. The molecule has 0 fully saturated rings. The van der Waals surface area contributed by atoms with Gasteiger partial charge in [-0.2, -0.15) is 0 Å². The third kappa shape index (κ3) is 3.64. The van der Waals surface area contributed by atoms with E-state index in [2.05, 4.69) is 15.5 Å². The van der Waals surface area contributed by atoms with E-state index >= 15 is 0 Å². The molecule has 0 spiro atoms. The van der Waals surface area contributed by atoms with Crippen molar-refractivity contribution in [2.75, 3.05) is 11.9 Å². The lowest BCUT2D eigenvalue weighted by atomic mass is 10.2. The number of anilines is 1. The summed E-state index contributed by atoms with van der Waals surface area (Å²) in [5.41, 5.74) is 0.399. The Hall–Kier alpha value is -2.94. The number of halogens is 1. The lowest BCUT2D eigenvalue weighted by molar-refractivity contribution is -0.389. The summed E-state index contributed by atoms with van der Waals surface area (Å²) < 4.78 is 4.84. The van der Waals surface area contributed by atoms with Crippen molar-refractivity contribution in [2.45, 2.75) is 6.92 Å². The van der Waals surface area contributed by atoms with Gasteiger partial charge in [-0.15, -0.1) is 5.10 Å². The molecule has 1 aromatic heterocycles. The minimum atomic E-state index is -0.778. The number of nitrogens with one attached hydrogen (secondary N) is 2. The first-order chi connectivity index (χ1) is 10.9. The second-order valence-corrected chi connectivity index (χ2v) is 4.62. The second kappa shape index (κ2) is 6.88. The van der Waals surface area contributed by atoms with Crippen LogP contribution in [-0.2, 0) is 4.74 Å². The largest absolute Gasteiger partial charge is 0.462 e. The van der Waals surface area contributed by atoms with Crippen LogP contribution in [0.1, 0.15) is 27.8 Å². The van der Waals surface area contributed by atoms with Crippen molar-refractivity contribution < 1.29 is 19.2 Å². The molecule has 2 aromatic rings. The van der Waals surface area contributed by atoms with Crippen LogP contribution in [0, 0.1) is 10.1 Å². The highest BCUT2D eigenvalue weighted by molar-refractivity contribution is 6.35. The predicted molar refractivity (Wildman–Crippen MR) is 80.6 cm³/mol. The number of benzene rings is 1. The number of rotatable bonds is 5. The van der Waals surface area contributed by atoms with Crippen LogP contribution in [0.5, 0.6) is 0 Å². The molecule has 23 heavy (non-hydrogen) atoms. The fraction of sp³-hybridized carbons (Fsp3) is 0.154. The zero-order valence-electron chi connectivity index (χ0n) is 11.8. The summed E-state index contributed by atoms with van der Waals surface area (Å²) in [7, 11) is 0. The summed E-state index contributed by atoms with van der Waals surface area (Å²) in [6.45, 7) is 1.95. The van der Waals surface area contributed by atoms with Gasteiger partial charge in [0.25, 0.3) is 5.91 Å². The second-order valence-electron chi connectivity index (χ2n) is 4.24. The molecule has 0 unspecified atom stereocenters. The van der Waals surface area contributed by atoms with Crippen LogP contribution in [0.4, 0.5) is 11.5 Å². The van der Waals surface area contributed by atoms with E-state index in [9.17, 15) is 19.7 Å². The van der Waals surface area contributed by atoms with Crippen molar-refractivity contribution in [1.82, 2.24) is 10.2 Å². The number of carbonyl (C=O) groups excluding carboxylic acids is 2. The molecule has 0 aliphatic carbocycles. The average molecular weight is 339 g/mol. The minimum absolute atomic E-state index is 0.258. The predicted octanol–water partition coefficient (Wildman–Crippen LogP) is 2.40. The van der Waals surface area contributed by atoms with Crippen LogP contribution >= 0.6 is 11.6 Å². The van der Waals surface area contributed by atoms with Crippen LogP contribution < -0.4 is 5.32 Å². The van der Waals surface area contributed by atoms with Crippen molar-refractivity contribution in [3.8, 4) is 0 Å². The molecule has 1 amide bonds. The first-order valence-electron chi connectivity index (χ1n) is 6.40. The van der Waals surface area contributed by atoms with Gasteiger partial charge in [0.15, 0.2) is 10.7 Å². The molecule has 0 atom stereocenters. The normalized spacial score (nSPS) is 10.2. The number of carbonyl (C=O) groups is 2. The zero-order chi connectivity index (χ0) is 17.0. The molecule has 0 saturated carbocycles. The highest BCUT2D eigenvalue weighted by Gasteiger charge is 2.25. The van der Waals surface area contributed by atoms with Gasteiger partial charge < -0.3 is 20.2 Å². The van der Waals surface area contributed by atoms with E-state index in [4.69, 9.17) is 16.3 Å². The minimum Gasteiger partial charge on any atom is -0.462 e. The number of amides is 1. The first kappa shape index (κ1) is 16.4. The quantitative estimate of drug-likeness (QED) is 0.489. The van der Waals surface area contributed by atoms with Gasteiger partial charge in [0.1, 0.15) is 0 Å². The molecule has 0 bridgehead atoms. The van der Waals surface area contributed by atoms with Crippen molar-refractivity contribution >= 4 is 35.0 Å². The lowest BCUT2D eigenvalue weighted by Gasteiger charge is -2.05. The summed E-state index contributed by atoms with van der Waals surface area (Å²) in [5, 5.41) is 18.3. The SMILES string of the molecule is CCOC(=O)c1ccc(NC(=O)c2n[nH]c([N+](=O)[O-])c2Cl)cc1. The Morgan fingerprint density at radius 3 is 2.57 bits per heavy atom. The van der Waals surface area contributed by atoms with Crippen LogP contribution in [0.2, 0.25) is 5.02 Å². The maximum atomic E-state index is 12.0. The summed E-state index contributed by atoms with van der Waals surface area (Å²) in [5.74, 6) is -1.76. The van der Waals surface area contributed by atoms with Crippen LogP contribution in [0.25, 0.3) is 0 Å². The number of nitrogens with zero attached hydrogens (tertiary/aromatic N) is 2. The topological polar surface area (TPSA) is 127 Å². The Balaban J connectivity index is 2.11. The Morgan fingerprint density at radius 1 is 1.39 bits per heavy atom. The molecule has 1 aromatic carbocycles. The molecular formula is C13H11ClN4O5. The highest BCUT2D eigenvalue weighted by Crippen LogP contribution is 2.25. The van der Waals surface area contributed by atoms with E-state index in [1.165, 1.54) is 24.3 Å². The van der Waals surface area contributed by atoms with Crippen molar-refractivity contribution in [3.05, 3.63) is 50.7 Å². The molecule has 2 N–H and O–H groups in total. The van der Waals surface area contributed by atoms with Crippen molar-refractivity contribution in [2.24, 2.45) is 0 Å². The highest BCUT2D eigenvalue weighted by atomic mass is 35.5. The van der Waals surface area contributed by atoms with Crippen LogP contribution in [0.3, 0.4) is 0 Å².